The molecule has 0 fully saturated rings. The summed E-state index contributed by atoms with van der Waals surface area (Å²) < 4.78 is 7.46. The number of imidazole rings is 1. The van der Waals surface area contributed by atoms with Crippen molar-refractivity contribution in [2.75, 3.05) is 13.7 Å². The number of nitrogens with one attached hydrogen (secondary N) is 1. The summed E-state index contributed by atoms with van der Waals surface area (Å²) in [7, 11) is 3.78. The summed E-state index contributed by atoms with van der Waals surface area (Å²) >= 11 is 0. The highest BCUT2D eigenvalue weighted by atomic mass is 16.5. The van der Waals surface area contributed by atoms with Gasteiger partial charge in [0.05, 0.1) is 6.10 Å². The van der Waals surface area contributed by atoms with Crippen LogP contribution in [0, 0.1) is 0 Å². The van der Waals surface area contributed by atoms with Crippen molar-refractivity contribution >= 4 is 0 Å². The standard InChI is InChI=1S/C12H23N3O/c1-5-6-13-11(10(2)16-4)9-12-14-7-8-15(12)3/h7-8,10-11,13H,5-6,9H2,1-4H3. The van der Waals surface area contributed by atoms with E-state index in [9.17, 15) is 0 Å². The lowest BCUT2D eigenvalue weighted by molar-refractivity contribution is 0.0822. The fourth-order valence-electron chi connectivity index (χ4n) is 1.69. The van der Waals surface area contributed by atoms with Crippen LogP contribution in [0.25, 0.3) is 0 Å². The molecule has 0 aliphatic rings. The van der Waals surface area contributed by atoms with E-state index < -0.39 is 0 Å². The van der Waals surface area contributed by atoms with Crippen LogP contribution in [0.15, 0.2) is 12.4 Å². The van der Waals surface area contributed by atoms with E-state index in [-0.39, 0.29) is 6.10 Å². The maximum Gasteiger partial charge on any atom is 0.110 e. The Morgan fingerprint density at radius 1 is 1.56 bits per heavy atom. The van der Waals surface area contributed by atoms with E-state index in [4.69, 9.17) is 4.74 Å². The average Bonchev–Trinajstić information content (AvgIpc) is 2.69. The third-order valence-electron chi connectivity index (χ3n) is 2.92. The molecule has 0 saturated heterocycles. The van der Waals surface area contributed by atoms with Crippen LogP contribution in [0.2, 0.25) is 0 Å². The number of ether oxygens (including phenoxy) is 1. The largest absolute Gasteiger partial charge is 0.380 e. The third-order valence-corrected chi connectivity index (χ3v) is 2.92. The minimum Gasteiger partial charge on any atom is -0.380 e. The van der Waals surface area contributed by atoms with Crippen molar-refractivity contribution in [3.63, 3.8) is 0 Å². The second-order valence-corrected chi connectivity index (χ2v) is 4.16. The summed E-state index contributed by atoms with van der Waals surface area (Å²) in [6.07, 6.45) is 6.04. The molecule has 2 unspecified atom stereocenters. The monoisotopic (exact) mass is 225 g/mol. The Hall–Kier alpha value is -0.870. The molecule has 1 aromatic rings. The average molecular weight is 225 g/mol. The lowest BCUT2D eigenvalue weighted by Gasteiger charge is -2.23. The molecule has 1 heterocycles. The molecule has 0 amide bonds. The van der Waals surface area contributed by atoms with Gasteiger partial charge in [0, 0.05) is 39.0 Å². The predicted molar refractivity (Wildman–Crippen MR) is 65.5 cm³/mol. The van der Waals surface area contributed by atoms with E-state index in [1.165, 1.54) is 0 Å². The maximum atomic E-state index is 5.40. The smallest absolute Gasteiger partial charge is 0.110 e. The molecule has 0 bridgehead atoms. The Balaban J connectivity index is 2.59. The van der Waals surface area contributed by atoms with E-state index in [0.717, 1.165) is 25.2 Å². The molecule has 0 aliphatic carbocycles. The molecule has 1 N–H and O–H groups in total. The minimum atomic E-state index is 0.197. The van der Waals surface area contributed by atoms with E-state index >= 15 is 0 Å². The quantitative estimate of drug-likeness (QED) is 0.761. The molecular weight excluding hydrogens is 202 g/mol. The van der Waals surface area contributed by atoms with Gasteiger partial charge in [0.15, 0.2) is 0 Å². The number of methoxy groups -OCH3 is 1. The van der Waals surface area contributed by atoms with Crippen LogP contribution >= 0.6 is 0 Å². The topological polar surface area (TPSA) is 39.1 Å². The van der Waals surface area contributed by atoms with Gasteiger partial charge in [-0.1, -0.05) is 6.92 Å². The molecule has 1 rings (SSSR count). The predicted octanol–water partition coefficient (Wildman–Crippen LogP) is 1.37. The second kappa shape index (κ2) is 6.66. The molecule has 4 nitrogen and oxygen atoms in total. The van der Waals surface area contributed by atoms with E-state index in [0.29, 0.717) is 6.04 Å². The number of aromatic nitrogens is 2. The van der Waals surface area contributed by atoms with Crippen molar-refractivity contribution in [2.24, 2.45) is 7.05 Å². The van der Waals surface area contributed by atoms with Gasteiger partial charge < -0.3 is 14.6 Å². The Bertz CT molecular complexity index is 298. The Labute approximate surface area is 98.0 Å². The summed E-state index contributed by atoms with van der Waals surface area (Å²) in [5, 5.41) is 3.51. The maximum absolute atomic E-state index is 5.40. The molecule has 1 aromatic heterocycles. The van der Waals surface area contributed by atoms with Gasteiger partial charge in [-0.15, -0.1) is 0 Å². The molecule has 0 saturated carbocycles. The summed E-state index contributed by atoms with van der Waals surface area (Å²) in [6.45, 7) is 5.28. The van der Waals surface area contributed by atoms with Crippen LogP contribution in [0.5, 0.6) is 0 Å². The Morgan fingerprint density at radius 3 is 2.81 bits per heavy atom. The first-order chi connectivity index (χ1) is 7.69. The van der Waals surface area contributed by atoms with Crippen molar-refractivity contribution in [1.82, 2.24) is 14.9 Å². The molecule has 0 spiro atoms. The number of hydrogen-bond donors (Lipinski definition) is 1. The molecule has 2 atom stereocenters. The molecule has 0 aliphatic heterocycles. The fourth-order valence-corrected chi connectivity index (χ4v) is 1.69. The zero-order chi connectivity index (χ0) is 12.0. The lowest BCUT2D eigenvalue weighted by Crippen LogP contribution is -2.42. The first kappa shape index (κ1) is 13.2. The summed E-state index contributed by atoms with van der Waals surface area (Å²) in [6, 6.07) is 0.325. The number of aryl methyl sites for hydroxylation is 1. The van der Waals surface area contributed by atoms with Gasteiger partial charge in [-0.3, -0.25) is 0 Å². The van der Waals surface area contributed by atoms with Crippen LogP contribution in [0.1, 0.15) is 26.1 Å². The summed E-state index contributed by atoms with van der Waals surface area (Å²) in [4.78, 5) is 4.35. The van der Waals surface area contributed by atoms with Crippen molar-refractivity contribution in [2.45, 2.75) is 38.8 Å². The highest BCUT2D eigenvalue weighted by Crippen LogP contribution is 2.06. The van der Waals surface area contributed by atoms with Crippen LogP contribution in [-0.2, 0) is 18.2 Å². The number of hydrogen-bond acceptors (Lipinski definition) is 3. The van der Waals surface area contributed by atoms with Crippen LogP contribution in [0.3, 0.4) is 0 Å². The minimum absolute atomic E-state index is 0.197. The molecular formula is C12H23N3O. The SMILES string of the molecule is CCCNC(Cc1nccn1C)C(C)OC. The number of rotatable bonds is 7. The Kier molecular flexibility index (Phi) is 5.49. The van der Waals surface area contributed by atoms with Crippen molar-refractivity contribution in [1.29, 1.82) is 0 Å². The summed E-state index contributed by atoms with van der Waals surface area (Å²) in [5.41, 5.74) is 0. The highest BCUT2D eigenvalue weighted by molar-refractivity contribution is 4.96. The molecule has 16 heavy (non-hydrogen) atoms. The summed E-state index contributed by atoms with van der Waals surface area (Å²) in [5.74, 6) is 1.09. The van der Waals surface area contributed by atoms with E-state index in [1.54, 1.807) is 7.11 Å². The van der Waals surface area contributed by atoms with Crippen molar-refractivity contribution in [3.8, 4) is 0 Å². The van der Waals surface area contributed by atoms with Crippen LogP contribution in [0.4, 0.5) is 0 Å². The zero-order valence-corrected chi connectivity index (χ0v) is 10.7. The van der Waals surface area contributed by atoms with E-state index in [1.807, 2.05) is 19.4 Å². The van der Waals surface area contributed by atoms with E-state index in [2.05, 4.69) is 28.7 Å². The van der Waals surface area contributed by atoms with Gasteiger partial charge in [-0.25, -0.2) is 4.98 Å². The second-order valence-electron chi connectivity index (χ2n) is 4.16. The van der Waals surface area contributed by atoms with Gasteiger partial charge in [0.25, 0.3) is 0 Å². The highest BCUT2D eigenvalue weighted by Gasteiger charge is 2.18. The van der Waals surface area contributed by atoms with Gasteiger partial charge in [0.1, 0.15) is 5.82 Å². The zero-order valence-electron chi connectivity index (χ0n) is 10.7. The Morgan fingerprint density at radius 2 is 2.31 bits per heavy atom. The lowest BCUT2D eigenvalue weighted by atomic mass is 10.1. The molecule has 4 heteroatoms. The molecule has 92 valence electrons. The first-order valence-electron chi connectivity index (χ1n) is 5.91. The normalized spacial score (nSPS) is 15.0. The van der Waals surface area contributed by atoms with Crippen molar-refractivity contribution < 1.29 is 4.74 Å². The van der Waals surface area contributed by atoms with Crippen LogP contribution in [-0.4, -0.2) is 35.4 Å². The third kappa shape index (κ3) is 3.61. The van der Waals surface area contributed by atoms with Gasteiger partial charge in [-0.05, 0) is 19.9 Å². The molecule has 0 radical (unpaired) electrons. The molecule has 0 aromatic carbocycles. The van der Waals surface area contributed by atoms with Gasteiger partial charge in [0.2, 0.25) is 0 Å². The van der Waals surface area contributed by atoms with Crippen LogP contribution < -0.4 is 5.32 Å². The number of nitrogens with zero attached hydrogens (tertiary/aromatic N) is 2. The fraction of sp³-hybridized carbons (Fsp3) is 0.750. The first-order valence-corrected chi connectivity index (χ1v) is 5.91. The van der Waals surface area contributed by atoms with Gasteiger partial charge in [-0.2, -0.15) is 0 Å². The van der Waals surface area contributed by atoms with Crippen molar-refractivity contribution in [3.05, 3.63) is 18.2 Å². The van der Waals surface area contributed by atoms with Gasteiger partial charge >= 0.3 is 0 Å².